The van der Waals surface area contributed by atoms with Crippen molar-refractivity contribution in [2.45, 2.75) is 57.2 Å². The molecule has 2 N–H and O–H groups in total. The fraction of sp³-hybridized carbons (Fsp3) is 0.909. The van der Waals surface area contributed by atoms with E-state index in [4.69, 9.17) is 5.11 Å². The SMILES string of the molecule is CC(C)C1(O)C[C@H]2CC[C@@H](C1)N2C(=O)O. The first kappa shape index (κ1) is 10.7. The third kappa shape index (κ3) is 1.61. The Kier molecular flexibility index (Phi) is 2.41. The Morgan fingerprint density at radius 3 is 2.13 bits per heavy atom. The molecule has 0 spiro atoms. The van der Waals surface area contributed by atoms with Crippen molar-refractivity contribution in [1.29, 1.82) is 0 Å². The molecule has 0 aliphatic carbocycles. The predicted octanol–water partition coefficient (Wildman–Crippen LogP) is 1.68. The molecule has 2 heterocycles. The smallest absolute Gasteiger partial charge is 0.407 e. The van der Waals surface area contributed by atoms with Gasteiger partial charge in [-0.05, 0) is 31.6 Å². The van der Waals surface area contributed by atoms with Crippen LogP contribution in [0, 0.1) is 5.92 Å². The van der Waals surface area contributed by atoms with Crippen molar-refractivity contribution in [2.75, 3.05) is 0 Å². The molecule has 2 aliphatic rings. The molecule has 2 saturated heterocycles. The van der Waals surface area contributed by atoms with E-state index in [1.807, 2.05) is 13.8 Å². The summed E-state index contributed by atoms with van der Waals surface area (Å²) in [6.45, 7) is 4.02. The zero-order valence-electron chi connectivity index (χ0n) is 9.31. The van der Waals surface area contributed by atoms with E-state index in [-0.39, 0.29) is 18.0 Å². The molecule has 0 saturated carbocycles. The van der Waals surface area contributed by atoms with Crippen molar-refractivity contribution >= 4 is 6.09 Å². The highest BCUT2D eigenvalue weighted by molar-refractivity contribution is 5.66. The number of hydrogen-bond acceptors (Lipinski definition) is 2. The van der Waals surface area contributed by atoms with Crippen LogP contribution in [0.15, 0.2) is 0 Å². The highest BCUT2D eigenvalue weighted by Gasteiger charge is 2.50. The number of aliphatic hydroxyl groups is 1. The van der Waals surface area contributed by atoms with Gasteiger partial charge in [0.15, 0.2) is 0 Å². The monoisotopic (exact) mass is 213 g/mol. The average Bonchev–Trinajstić information content (AvgIpc) is 2.39. The molecule has 1 amide bonds. The van der Waals surface area contributed by atoms with Gasteiger partial charge in [0.25, 0.3) is 0 Å². The summed E-state index contributed by atoms with van der Waals surface area (Å²) in [5.74, 6) is 0.205. The molecule has 2 fully saturated rings. The van der Waals surface area contributed by atoms with Gasteiger partial charge in [-0.2, -0.15) is 0 Å². The van der Waals surface area contributed by atoms with Gasteiger partial charge in [0.1, 0.15) is 0 Å². The molecule has 15 heavy (non-hydrogen) atoms. The van der Waals surface area contributed by atoms with Gasteiger partial charge in [0, 0.05) is 12.1 Å². The molecule has 3 atom stereocenters. The topological polar surface area (TPSA) is 60.8 Å². The highest BCUT2D eigenvalue weighted by Crippen LogP contribution is 2.43. The van der Waals surface area contributed by atoms with Crippen LogP contribution in [-0.4, -0.2) is 38.9 Å². The van der Waals surface area contributed by atoms with Gasteiger partial charge in [-0.25, -0.2) is 4.79 Å². The van der Waals surface area contributed by atoms with E-state index in [1.54, 1.807) is 4.90 Å². The van der Waals surface area contributed by atoms with E-state index in [1.165, 1.54) is 0 Å². The molecular formula is C11H19NO3. The van der Waals surface area contributed by atoms with E-state index in [0.717, 1.165) is 12.8 Å². The lowest BCUT2D eigenvalue weighted by Crippen LogP contribution is -2.54. The average molecular weight is 213 g/mol. The van der Waals surface area contributed by atoms with Crippen LogP contribution in [0.3, 0.4) is 0 Å². The molecule has 0 aromatic carbocycles. The van der Waals surface area contributed by atoms with Gasteiger partial charge >= 0.3 is 6.09 Å². The molecule has 0 aromatic rings. The van der Waals surface area contributed by atoms with Crippen molar-refractivity contribution in [3.63, 3.8) is 0 Å². The molecule has 86 valence electrons. The summed E-state index contributed by atoms with van der Waals surface area (Å²) < 4.78 is 0. The molecule has 4 nitrogen and oxygen atoms in total. The summed E-state index contributed by atoms with van der Waals surface area (Å²) in [5.41, 5.74) is -0.655. The van der Waals surface area contributed by atoms with Gasteiger partial charge in [-0.3, -0.25) is 0 Å². The summed E-state index contributed by atoms with van der Waals surface area (Å²) in [5, 5.41) is 19.5. The van der Waals surface area contributed by atoms with Crippen molar-refractivity contribution in [3.8, 4) is 0 Å². The minimum Gasteiger partial charge on any atom is -0.465 e. The van der Waals surface area contributed by atoms with E-state index >= 15 is 0 Å². The first-order valence-electron chi connectivity index (χ1n) is 5.67. The maximum absolute atomic E-state index is 11.0. The van der Waals surface area contributed by atoms with Gasteiger partial charge in [0.2, 0.25) is 0 Å². The van der Waals surface area contributed by atoms with Gasteiger partial charge in [0.05, 0.1) is 5.60 Å². The molecule has 2 rings (SSSR count). The Morgan fingerprint density at radius 1 is 1.33 bits per heavy atom. The number of rotatable bonds is 1. The largest absolute Gasteiger partial charge is 0.465 e. The second-order valence-corrected chi connectivity index (χ2v) is 5.24. The number of amides is 1. The zero-order valence-corrected chi connectivity index (χ0v) is 9.31. The van der Waals surface area contributed by atoms with Crippen LogP contribution >= 0.6 is 0 Å². The predicted molar refractivity (Wildman–Crippen MR) is 55.7 cm³/mol. The maximum atomic E-state index is 11.0. The first-order chi connectivity index (χ1) is 6.94. The maximum Gasteiger partial charge on any atom is 0.407 e. The minimum absolute atomic E-state index is 0.0358. The Balaban J connectivity index is 2.18. The van der Waals surface area contributed by atoms with Crippen LogP contribution in [0.1, 0.15) is 39.5 Å². The molecule has 0 aromatic heterocycles. The van der Waals surface area contributed by atoms with Crippen molar-refractivity contribution in [1.82, 2.24) is 4.90 Å². The minimum atomic E-state index is -0.826. The molecule has 4 heteroatoms. The van der Waals surface area contributed by atoms with Crippen molar-refractivity contribution < 1.29 is 15.0 Å². The number of nitrogens with zero attached hydrogens (tertiary/aromatic N) is 1. The highest BCUT2D eigenvalue weighted by atomic mass is 16.4. The number of hydrogen-bond donors (Lipinski definition) is 2. The molecule has 0 radical (unpaired) electrons. The zero-order chi connectivity index (χ0) is 11.2. The van der Waals surface area contributed by atoms with E-state index < -0.39 is 11.7 Å². The van der Waals surface area contributed by atoms with E-state index in [9.17, 15) is 9.90 Å². The summed E-state index contributed by atoms with van der Waals surface area (Å²) in [4.78, 5) is 12.6. The van der Waals surface area contributed by atoms with Crippen LogP contribution in [0.4, 0.5) is 4.79 Å². The second-order valence-electron chi connectivity index (χ2n) is 5.24. The van der Waals surface area contributed by atoms with Crippen LogP contribution in [0.2, 0.25) is 0 Å². The van der Waals surface area contributed by atoms with Crippen LogP contribution in [-0.2, 0) is 0 Å². The van der Waals surface area contributed by atoms with Crippen LogP contribution in [0.25, 0.3) is 0 Å². The van der Waals surface area contributed by atoms with E-state index in [0.29, 0.717) is 12.8 Å². The molecule has 2 bridgehead atoms. The summed E-state index contributed by atoms with van der Waals surface area (Å²) in [6.07, 6.45) is 2.20. The number of fused-ring (bicyclic) bond motifs is 2. The Bertz CT molecular complexity index is 263. The summed E-state index contributed by atoms with van der Waals surface area (Å²) >= 11 is 0. The quantitative estimate of drug-likeness (QED) is 0.696. The van der Waals surface area contributed by atoms with Crippen molar-refractivity contribution in [2.24, 2.45) is 5.92 Å². The summed E-state index contributed by atoms with van der Waals surface area (Å²) in [6, 6.07) is 0.0716. The number of carbonyl (C=O) groups is 1. The summed E-state index contributed by atoms with van der Waals surface area (Å²) in [7, 11) is 0. The van der Waals surface area contributed by atoms with Crippen molar-refractivity contribution in [3.05, 3.63) is 0 Å². The standard InChI is InChI=1S/C11H19NO3/c1-7(2)11(15)5-8-3-4-9(6-11)12(8)10(13)14/h7-9,15H,3-6H2,1-2H3,(H,13,14)/t8-,9+,11?. The first-order valence-corrected chi connectivity index (χ1v) is 5.67. The van der Waals surface area contributed by atoms with Gasteiger partial charge in [-0.1, -0.05) is 13.8 Å². The lowest BCUT2D eigenvalue weighted by Gasteiger charge is -2.44. The normalized spacial score (nSPS) is 39.9. The Morgan fingerprint density at radius 2 is 1.80 bits per heavy atom. The van der Waals surface area contributed by atoms with Gasteiger partial charge in [-0.15, -0.1) is 0 Å². The molecule has 1 unspecified atom stereocenters. The number of piperidine rings is 1. The third-order valence-corrected chi connectivity index (χ3v) is 4.09. The third-order valence-electron chi connectivity index (χ3n) is 4.09. The number of carboxylic acid groups (broad SMARTS) is 1. The Labute approximate surface area is 89.9 Å². The molecular weight excluding hydrogens is 194 g/mol. The second kappa shape index (κ2) is 3.37. The van der Waals surface area contributed by atoms with Crippen LogP contribution in [0.5, 0.6) is 0 Å². The lowest BCUT2D eigenvalue weighted by atomic mass is 9.78. The fourth-order valence-corrected chi connectivity index (χ4v) is 3.05. The van der Waals surface area contributed by atoms with E-state index in [2.05, 4.69) is 0 Å². The van der Waals surface area contributed by atoms with Crippen LogP contribution < -0.4 is 0 Å². The molecule has 2 aliphatic heterocycles. The fourth-order valence-electron chi connectivity index (χ4n) is 3.05. The van der Waals surface area contributed by atoms with Gasteiger partial charge < -0.3 is 15.1 Å². The lowest BCUT2D eigenvalue weighted by molar-refractivity contribution is -0.0753. The Hall–Kier alpha value is -0.770.